The van der Waals surface area contributed by atoms with Crippen LogP contribution in [-0.2, 0) is 68.7 Å². The maximum atomic E-state index is 13.0. The largest absolute Gasteiger partial charge is 0.743 e. The van der Waals surface area contributed by atoms with Crippen molar-refractivity contribution in [2.24, 2.45) is 63.1 Å². The molecule has 6 bridgehead atoms. The SMILES string of the molecule is C.C.C.C.C1CC2CC1C1C3CCC(C3)C21.CCC(C)(C)C(=O)OC(C)C(F)(F)S(=O)(=O)[O-].CCC(C)(C)C(=O)OC1C2CC3C(=O)OC1C3O2.CCC(C)(C)C(=O)Oc1cc(C)cc(O)c1.CCOC(=O)C(C)(C)CC.c1ccc([S+](c2ccccc2)c2ccccc2)cc1. The predicted molar refractivity (Wildman–Crippen MR) is 375 cm³/mol. The van der Waals surface area contributed by atoms with Crippen LogP contribution < -0.4 is 4.74 Å². The zero-order valence-electron chi connectivity index (χ0n) is 56.5. The van der Waals surface area contributed by atoms with Crippen molar-refractivity contribution in [3.63, 3.8) is 0 Å². The minimum absolute atomic E-state index is 0. The maximum absolute atomic E-state index is 13.0. The highest BCUT2D eigenvalue weighted by Crippen LogP contribution is 2.67. The van der Waals surface area contributed by atoms with Crippen LogP contribution in [0.25, 0.3) is 0 Å². The average molecular weight is 1380 g/mol. The number of halogens is 2. The van der Waals surface area contributed by atoms with Gasteiger partial charge in [0, 0.05) is 6.07 Å². The van der Waals surface area contributed by atoms with Crippen LogP contribution >= 0.6 is 0 Å². The molecule has 0 spiro atoms. The molecule has 3 aliphatic heterocycles. The fourth-order valence-corrected chi connectivity index (χ4v) is 15.4. The lowest BCUT2D eigenvalue weighted by Crippen LogP contribution is -2.44. The van der Waals surface area contributed by atoms with E-state index in [0.717, 1.165) is 12.0 Å². The van der Waals surface area contributed by atoms with E-state index in [4.69, 9.17) is 23.7 Å². The molecule has 15 nitrogen and oxygen atoms in total. The lowest BCUT2D eigenvalue weighted by Gasteiger charge is -2.34. The minimum Gasteiger partial charge on any atom is -0.743 e. The minimum atomic E-state index is -5.86. The number of carbonyl (C=O) groups excluding carboxylic acids is 5. The number of carbonyl (C=O) groups is 5. The first kappa shape index (κ1) is 86.2. The van der Waals surface area contributed by atoms with Gasteiger partial charge in [-0.2, -0.15) is 8.78 Å². The Morgan fingerprint density at radius 3 is 1.39 bits per heavy atom. The molecule has 540 valence electrons. The molecule has 4 aliphatic carbocycles. The third kappa shape index (κ3) is 21.1. The molecule has 0 aromatic heterocycles. The Balaban J connectivity index is 0.000000393. The second kappa shape index (κ2) is 36.3. The zero-order chi connectivity index (χ0) is 68.3. The molecule has 10 atom stereocenters. The summed E-state index contributed by atoms with van der Waals surface area (Å²) in [4.78, 5) is 62.0. The molecule has 4 saturated carbocycles. The Hall–Kier alpha value is -5.89. The molecule has 0 radical (unpaired) electrons. The Kier molecular flexibility index (Phi) is 32.6. The van der Waals surface area contributed by atoms with Crippen LogP contribution in [0, 0.1) is 70.0 Å². The summed E-state index contributed by atoms with van der Waals surface area (Å²) in [5.74, 6) is 5.84. The van der Waals surface area contributed by atoms with Gasteiger partial charge < -0.3 is 38.1 Å². The molecule has 19 heteroatoms. The topological polar surface area (TPSA) is 218 Å². The number of rotatable bonds is 17. The number of fused-ring (bicyclic) bond motifs is 10. The van der Waals surface area contributed by atoms with E-state index in [1.807, 2.05) is 76.2 Å². The quantitative estimate of drug-likeness (QED) is 0.0260. The van der Waals surface area contributed by atoms with Gasteiger partial charge >= 0.3 is 35.1 Å². The van der Waals surface area contributed by atoms with Gasteiger partial charge in [0.05, 0.1) is 51.2 Å². The molecule has 3 heterocycles. The Morgan fingerprint density at radius 1 is 0.604 bits per heavy atom. The molecule has 96 heavy (non-hydrogen) atoms. The number of aromatic hydroxyl groups is 1. The molecule has 0 amide bonds. The summed E-state index contributed by atoms with van der Waals surface area (Å²) in [6.07, 6.45) is 9.39. The van der Waals surface area contributed by atoms with Crippen molar-refractivity contribution >= 4 is 50.9 Å². The summed E-state index contributed by atoms with van der Waals surface area (Å²) in [6.45, 7) is 26.4. The summed E-state index contributed by atoms with van der Waals surface area (Å²) < 4.78 is 87.8. The molecule has 10 unspecified atom stereocenters. The Morgan fingerprint density at radius 2 is 1.00 bits per heavy atom. The number of ether oxygens (including phenoxy) is 6. The number of esters is 5. The van der Waals surface area contributed by atoms with E-state index >= 15 is 0 Å². The van der Waals surface area contributed by atoms with E-state index in [0.29, 0.717) is 45.0 Å². The number of benzene rings is 4. The summed E-state index contributed by atoms with van der Waals surface area (Å²) >= 11 is 0. The number of alkyl halides is 2. The van der Waals surface area contributed by atoms with Crippen molar-refractivity contribution in [2.75, 3.05) is 6.61 Å². The van der Waals surface area contributed by atoms with Gasteiger partial charge in [0.1, 0.15) is 17.6 Å². The van der Waals surface area contributed by atoms with Crippen LogP contribution in [0.4, 0.5) is 8.78 Å². The highest BCUT2D eigenvalue weighted by molar-refractivity contribution is 7.97. The summed E-state index contributed by atoms with van der Waals surface area (Å²) in [7, 11) is -5.87. The van der Waals surface area contributed by atoms with Gasteiger partial charge in [-0.15, -0.1) is 0 Å². The summed E-state index contributed by atoms with van der Waals surface area (Å²) in [6, 6.07) is 36.9. The Bertz CT molecular complexity index is 3050. The second-order valence-electron chi connectivity index (χ2n) is 27.9. The van der Waals surface area contributed by atoms with E-state index in [9.17, 15) is 50.8 Å². The Labute approximate surface area is 577 Å². The van der Waals surface area contributed by atoms with Gasteiger partial charge in [0.25, 0.3) is 0 Å². The van der Waals surface area contributed by atoms with Gasteiger partial charge in [-0.1, -0.05) is 112 Å². The van der Waals surface area contributed by atoms with Crippen LogP contribution in [0.1, 0.15) is 203 Å². The van der Waals surface area contributed by atoms with Crippen molar-refractivity contribution in [2.45, 2.75) is 255 Å². The van der Waals surface area contributed by atoms with Gasteiger partial charge in [0.15, 0.2) is 43.1 Å². The molecule has 7 aliphatic rings. The number of hydrogen-bond donors (Lipinski definition) is 1. The van der Waals surface area contributed by atoms with Crippen molar-refractivity contribution in [1.82, 2.24) is 0 Å². The monoisotopic (exact) mass is 1380 g/mol. The van der Waals surface area contributed by atoms with Crippen LogP contribution in [0.15, 0.2) is 124 Å². The van der Waals surface area contributed by atoms with E-state index < -0.39 is 55.9 Å². The molecule has 3 saturated heterocycles. The first-order valence-electron chi connectivity index (χ1n) is 32.8. The summed E-state index contributed by atoms with van der Waals surface area (Å²) in [5, 5.41) is 4.74. The fraction of sp³-hybridized carbons (Fsp3) is 0.623. The van der Waals surface area contributed by atoms with Crippen LogP contribution in [0.2, 0.25) is 0 Å². The third-order valence-electron chi connectivity index (χ3n) is 20.0. The standard InChI is InChI=1S/C18H15S.C13H18O5.C13H18O3.C12H18.C9H16F2O5S.C8H16O2.4CH4/c1-4-10-16(11-5-1)19(17-12-6-2-7-13-17)18-14-8-3-9-15-18;1-4-13(2,3)12(15)18-9-7-5-6-8(16-7)10(9)17-11(6)14;1-5-13(3,4)12(15)16-11-7-9(2)6-10(14)8-11;1-2-8-5-7(1)11-9-3-4-10(6-9)12(8)11;1-5-8(3,4)7(12)16-6(2)9(10,11)17(13,14)15;1-5-8(3,4)7(9)10-6-2;;;;/h1-15H;6-10H,4-5H2,1-3H3;6-8,14H,5H2,1-4H3;7-12H,1-6H2;6H,5H2,1-4H3,(H,13,14,15);5-6H2,1-4H3;4*1H4/q+1;;;;;;;;;/p-1. The normalized spacial score (nSPS) is 23.8. The molecule has 11 rings (SSSR count). The lowest BCUT2D eigenvalue weighted by atomic mass is 9.71. The molecular formula is C77H116F2O15S2. The molecule has 7 fully saturated rings. The van der Waals surface area contributed by atoms with E-state index in [2.05, 4.69) is 95.7 Å². The third-order valence-corrected chi connectivity index (χ3v) is 23.2. The molecule has 4 aromatic rings. The second-order valence-corrected chi connectivity index (χ2v) is 31.4. The fourth-order valence-electron chi connectivity index (χ4n) is 12.8. The molecule has 1 N–H and O–H groups in total. The van der Waals surface area contributed by atoms with Crippen molar-refractivity contribution in [1.29, 1.82) is 0 Å². The van der Waals surface area contributed by atoms with Crippen molar-refractivity contribution < 1.29 is 79.3 Å². The zero-order valence-corrected chi connectivity index (χ0v) is 58.2. The maximum Gasteiger partial charge on any atom is 0.369 e. The van der Waals surface area contributed by atoms with Gasteiger partial charge in [-0.25, -0.2) is 8.42 Å². The highest BCUT2D eigenvalue weighted by atomic mass is 32.2. The first-order valence-corrected chi connectivity index (χ1v) is 35.4. The van der Waals surface area contributed by atoms with Gasteiger partial charge in [-0.05, 0) is 236 Å². The first-order chi connectivity index (χ1) is 43.1. The lowest BCUT2D eigenvalue weighted by molar-refractivity contribution is -0.170. The number of aryl methyl sites for hydroxylation is 1. The number of hydrogen-bond acceptors (Lipinski definition) is 15. The highest BCUT2D eigenvalue weighted by Gasteiger charge is 2.65. The van der Waals surface area contributed by atoms with E-state index in [1.54, 1.807) is 57.6 Å². The van der Waals surface area contributed by atoms with E-state index in [-0.39, 0.29) is 93.8 Å². The van der Waals surface area contributed by atoms with Crippen molar-refractivity contribution in [3.05, 3.63) is 115 Å². The number of phenols is 1. The van der Waals surface area contributed by atoms with Crippen LogP contribution in [0.5, 0.6) is 11.5 Å². The molecular weight excluding hydrogens is 1270 g/mol. The number of phenolic OH excluding ortho intramolecular Hbond substituents is 1. The average Bonchev–Trinajstić information content (AvgIpc) is 1.56. The van der Waals surface area contributed by atoms with Gasteiger partial charge in [-0.3, -0.25) is 24.0 Å². The van der Waals surface area contributed by atoms with Gasteiger partial charge in [0.2, 0.25) is 0 Å². The summed E-state index contributed by atoms with van der Waals surface area (Å²) in [5.41, 5.74) is -1.48. The smallest absolute Gasteiger partial charge is 0.369 e. The van der Waals surface area contributed by atoms with E-state index in [1.165, 1.54) is 70.1 Å². The predicted octanol–water partition coefficient (Wildman–Crippen LogP) is 18.0. The van der Waals surface area contributed by atoms with Crippen LogP contribution in [-0.4, -0.2) is 90.3 Å². The van der Waals surface area contributed by atoms with Crippen LogP contribution in [0.3, 0.4) is 0 Å². The molecule has 4 aromatic carbocycles. The van der Waals surface area contributed by atoms with Crippen molar-refractivity contribution in [3.8, 4) is 11.5 Å².